The first-order valence-electron chi connectivity index (χ1n) is 9.00. The van der Waals surface area contributed by atoms with Crippen molar-refractivity contribution in [1.82, 2.24) is 34.4 Å². The van der Waals surface area contributed by atoms with Crippen molar-refractivity contribution < 1.29 is 4.79 Å². The zero-order valence-corrected chi connectivity index (χ0v) is 15.4. The molecule has 27 heavy (non-hydrogen) atoms. The van der Waals surface area contributed by atoms with Gasteiger partial charge >= 0.3 is 0 Å². The number of amides is 1. The van der Waals surface area contributed by atoms with E-state index in [1.807, 2.05) is 29.6 Å². The molecule has 1 fully saturated rings. The monoisotopic (exact) mass is 363 g/mol. The van der Waals surface area contributed by atoms with Crippen LogP contribution in [0.15, 0.2) is 37.2 Å². The fourth-order valence-corrected chi connectivity index (χ4v) is 3.52. The number of likely N-dealkylation sites (tertiary alicyclic amines) is 1. The van der Waals surface area contributed by atoms with Gasteiger partial charge in [0.25, 0.3) is 5.91 Å². The summed E-state index contributed by atoms with van der Waals surface area (Å²) in [5, 5.41) is 0. The van der Waals surface area contributed by atoms with E-state index in [4.69, 9.17) is 0 Å². The van der Waals surface area contributed by atoms with Crippen LogP contribution in [0.4, 0.5) is 0 Å². The molecule has 1 amide bonds. The minimum atomic E-state index is -0.0883. The standard InChI is InChI=1S/C19H21N7O/c1-13-24-11-16(25(13)2)18-17(22-7-8-23-18)14-4-3-9-26(12-14)19(27)15-10-20-5-6-21-15/h5-8,10-11,14H,3-4,9,12H2,1-2H3/t14-/m1/s1. The number of hydrogen-bond acceptors (Lipinski definition) is 6. The summed E-state index contributed by atoms with van der Waals surface area (Å²) in [4.78, 5) is 36.3. The van der Waals surface area contributed by atoms with Crippen molar-refractivity contribution in [1.29, 1.82) is 0 Å². The molecule has 0 spiro atoms. The second kappa shape index (κ2) is 7.22. The third-order valence-corrected chi connectivity index (χ3v) is 5.07. The SMILES string of the molecule is Cc1ncc(-c2nccnc2[C@@H]2CCCN(C(=O)c3cnccn3)C2)n1C. The van der Waals surface area contributed by atoms with Crippen LogP contribution in [-0.4, -0.2) is 53.4 Å². The van der Waals surface area contributed by atoms with Crippen molar-refractivity contribution in [2.45, 2.75) is 25.7 Å². The van der Waals surface area contributed by atoms with Gasteiger partial charge in [0.2, 0.25) is 0 Å². The molecule has 138 valence electrons. The van der Waals surface area contributed by atoms with Gasteiger partial charge in [-0.05, 0) is 19.8 Å². The van der Waals surface area contributed by atoms with E-state index < -0.39 is 0 Å². The number of nitrogens with zero attached hydrogens (tertiary/aromatic N) is 7. The van der Waals surface area contributed by atoms with Gasteiger partial charge in [-0.3, -0.25) is 19.7 Å². The van der Waals surface area contributed by atoms with Gasteiger partial charge in [-0.15, -0.1) is 0 Å². The predicted molar refractivity (Wildman–Crippen MR) is 98.9 cm³/mol. The molecule has 1 atom stereocenters. The van der Waals surface area contributed by atoms with E-state index >= 15 is 0 Å². The molecular formula is C19H21N7O. The number of piperidine rings is 1. The normalized spacial score (nSPS) is 17.1. The summed E-state index contributed by atoms with van der Waals surface area (Å²) >= 11 is 0. The van der Waals surface area contributed by atoms with E-state index in [2.05, 4.69) is 24.9 Å². The van der Waals surface area contributed by atoms with E-state index in [0.717, 1.165) is 35.7 Å². The molecule has 0 unspecified atom stereocenters. The quantitative estimate of drug-likeness (QED) is 0.707. The maximum absolute atomic E-state index is 12.8. The summed E-state index contributed by atoms with van der Waals surface area (Å²) in [6.45, 7) is 3.27. The zero-order valence-electron chi connectivity index (χ0n) is 15.4. The van der Waals surface area contributed by atoms with Gasteiger partial charge < -0.3 is 9.47 Å². The molecule has 1 aliphatic rings. The van der Waals surface area contributed by atoms with Gasteiger partial charge in [0.05, 0.1) is 23.8 Å². The van der Waals surface area contributed by atoms with Crippen molar-refractivity contribution in [3.05, 3.63) is 54.4 Å². The molecule has 3 aromatic heterocycles. The third-order valence-electron chi connectivity index (χ3n) is 5.07. The van der Waals surface area contributed by atoms with Gasteiger partial charge in [-0.25, -0.2) is 9.97 Å². The van der Waals surface area contributed by atoms with E-state index in [1.54, 1.807) is 24.8 Å². The first-order valence-corrected chi connectivity index (χ1v) is 9.00. The summed E-state index contributed by atoms with van der Waals surface area (Å²) < 4.78 is 2.01. The van der Waals surface area contributed by atoms with Gasteiger partial charge in [0, 0.05) is 50.8 Å². The average molecular weight is 363 g/mol. The molecule has 0 aliphatic carbocycles. The number of carbonyl (C=O) groups excluding carboxylic acids is 1. The lowest BCUT2D eigenvalue weighted by atomic mass is 9.92. The Labute approximate surface area is 157 Å². The van der Waals surface area contributed by atoms with Crippen molar-refractivity contribution in [3.63, 3.8) is 0 Å². The third kappa shape index (κ3) is 3.30. The molecule has 4 rings (SSSR count). The van der Waals surface area contributed by atoms with E-state index in [0.29, 0.717) is 18.8 Å². The van der Waals surface area contributed by atoms with Gasteiger partial charge in [-0.2, -0.15) is 0 Å². The van der Waals surface area contributed by atoms with Crippen LogP contribution >= 0.6 is 0 Å². The highest BCUT2D eigenvalue weighted by Gasteiger charge is 2.29. The number of aryl methyl sites for hydroxylation is 1. The molecule has 0 bridgehead atoms. The van der Waals surface area contributed by atoms with Crippen LogP contribution in [0.25, 0.3) is 11.4 Å². The Morgan fingerprint density at radius 2 is 1.89 bits per heavy atom. The molecular weight excluding hydrogens is 342 g/mol. The van der Waals surface area contributed by atoms with Gasteiger partial charge in [0.1, 0.15) is 17.2 Å². The van der Waals surface area contributed by atoms with Crippen LogP contribution in [-0.2, 0) is 7.05 Å². The van der Waals surface area contributed by atoms with Crippen molar-refractivity contribution in [3.8, 4) is 11.4 Å². The minimum absolute atomic E-state index is 0.0883. The molecule has 8 nitrogen and oxygen atoms in total. The average Bonchev–Trinajstić information content (AvgIpc) is 3.06. The Hall–Kier alpha value is -3.16. The Bertz CT molecular complexity index is 954. The summed E-state index contributed by atoms with van der Waals surface area (Å²) in [5.74, 6) is 0.956. The van der Waals surface area contributed by atoms with Crippen molar-refractivity contribution in [2.24, 2.45) is 7.05 Å². The van der Waals surface area contributed by atoms with Crippen LogP contribution in [0.5, 0.6) is 0 Å². The lowest BCUT2D eigenvalue weighted by Crippen LogP contribution is -2.39. The zero-order chi connectivity index (χ0) is 18.8. The number of hydrogen-bond donors (Lipinski definition) is 0. The maximum Gasteiger partial charge on any atom is 0.274 e. The smallest absolute Gasteiger partial charge is 0.274 e. The number of aromatic nitrogens is 6. The lowest BCUT2D eigenvalue weighted by Gasteiger charge is -2.32. The second-order valence-corrected chi connectivity index (χ2v) is 6.72. The van der Waals surface area contributed by atoms with E-state index in [1.165, 1.54) is 6.20 Å². The Morgan fingerprint density at radius 3 is 2.63 bits per heavy atom. The lowest BCUT2D eigenvalue weighted by molar-refractivity contribution is 0.0699. The van der Waals surface area contributed by atoms with Crippen LogP contribution in [0.1, 0.15) is 40.8 Å². The fourth-order valence-electron chi connectivity index (χ4n) is 3.52. The Balaban J connectivity index is 1.63. The molecule has 1 saturated heterocycles. The molecule has 3 aromatic rings. The summed E-state index contributed by atoms with van der Waals surface area (Å²) in [7, 11) is 1.97. The predicted octanol–water partition coefficient (Wildman–Crippen LogP) is 2.00. The molecule has 4 heterocycles. The number of imidazole rings is 1. The highest BCUT2D eigenvalue weighted by atomic mass is 16.2. The molecule has 8 heteroatoms. The molecule has 0 saturated carbocycles. The molecule has 0 radical (unpaired) electrons. The van der Waals surface area contributed by atoms with Gasteiger partial charge in [0.15, 0.2) is 0 Å². The van der Waals surface area contributed by atoms with Crippen molar-refractivity contribution in [2.75, 3.05) is 13.1 Å². The highest BCUT2D eigenvalue weighted by Crippen LogP contribution is 2.32. The van der Waals surface area contributed by atoms with Gasteiger partial charge in [-0.1, -0.05) is 0 Å². The Morgan fingerprint density at radius 1 is 1.07 bits per heavy atom. The fraction of sp³-hybridized carbons (Fsp3) is 0.368. The highest BCUT2D eigenvalue weighted by molar-refractivity contribution is 5.92. The molecule has 1 aliphatic heterocycles. The summed E-state index contributed by atoms with van der Waals surface area (Å²) in [6, 6.07) is 0. The van der Waals surface area contributed by atoms with E-state index in [9.17, 15) is 4.79 Å². The molecule has 0 aromatic carbocycles. The summed E-state index contributed by atoms with van der Waals surface area (Å²) in [6.07, 6.45) is 11.7. The van der Waals surface area contributed by atoms with E-state index in [-0.39, 0.29) is 11.8 Å². The van der Waals surface area contributed by atoms with Crippen LogP contribution in [0, 0.1) is 6.92 Å². The number of carbonyl (C=O) groups is 1. The van der Waals surface area contributed by atoms with Crippen LogP contribution < -0.4 is 0 Å². The minimum Gasteiger partial charge on any atom is -0.337 e. The largest absolute Gasteiger partial charge is 0.337 e. The second-order valence-electron chi connectivity index (χ2n) is 6.72. The molecule has 0 N–H and O–H groups in total. The summed E-state index contributed by atoms with van der Waals surface area (Å²) in [5.41, 5.74) is 3.06. The first-order chi connectivity index (χ1) is 13.1. The van der Waals surface area contributed by atoms with Crippen molar-refractivity contribution >= 4 is 5.91 Å². The topological polar surface area (TPSA) is 89.7 Å². The van der Waals surface area contributed by atoms with Crippen LogP contribution in [0.3, 0.4) is 0 Å². The Kier molecular flexibility index (Phi) is 4.62. The maximum atomic E-state index is 12.8. The first kappa shape index (κ1) is 17.3. The van der Waals surface area contributed by atoms with Crippen LogP contribution in [0.2, 0.25) is 0 Å². The number of rotatable bonds is 3.